The second kappa shape index (κ2) is 8.05. The van der Waals surface area contributed by atoms with Gasteiger partial charge in [-0.2, -0.15) is 0 Å². The minimum atomic E-state index is -0.786. The fourth-order valence-electron chi connectivity index (χ4n) is 2.64. The lowest BCUT2D eigenvalue weighted by Gasteiger charge is -2.12. The van der Waals surface area contributed by atoms with Gasteiger partial charge in [-0.3, -0.25) is 19.0 Å². The number of ether oxygens (including phenoxy) is 1. The number of carbonyl (C=O) groups excluding carboxylic acids is 1. The number of benzene rings is 2. The lowest BCUT2D eigenvalue weighted by molar-refractivity contribution is 0.0970. The Bertz CT molecular complexity index is 1080. The third-order valence-electron chi connectivity index (χ3n) is 3.96. The maximum absolute atomic E-state index is 12.6. The molecule has 0 aliphatic rings. The van der Waals surface area contributed by atoms with Crippen LogP contribution in [-0.4, -0.2) is 21.5 Å². The van der Waals surface area contributed by atoms with Crippen molar-refractivity contribution in [2.75, 3.05) is 6.61 Å². The molecule has 0 spiro atoms. The largest absolute Gasteiger partial charge is 0.492 e. The summed E-state index contributed by atoms with van der Waals surface area (Å²) in [7, 11) is 0. The summed E-state index contributed by atoms with van der Waals surface area (Å²) in [6.45, 7) is 2.03. The molecule has 0 aliphatic heterocycles. The van der Waals surface area contributed by atoms with Crippen molar-refractivity contribution in [3.05, 3.63) is 92.2 Å². The van der Waals surface area contributed by atoms with Gasteiger partial charge in [-0.1, -0.05) is 23.7 Å². The summed E-state index contributed by atoms with van der Waals surface area (Å²) in [6.07, 6.45) is 2.87. The van der Waals surface area contributed by atoms with Crippen molar-refractivity contribution in [3.63, 3.8) is 0 Å². The smallest absolute Gasteiger partial charge is 0.321 e. The Kier molecular flexibility index (Phi) is 5.57. The Balaban J connectivity index is 1.94. The van der Waals surface area contributed by atoms with Crippen LogP contribution in [0.15, 0.2) is 70.5 Å². The van der Waals surface area contributed by atoms with Gasteiger partial charge in [0.25, 0.3) is 0 Å². The van der Waals surface area contributed by atoms with Gasteiger partial charge in [0.1, 0.15) is 5.75 Å². The summed E-state index contributed by atoms with van der Waals surface area (Å²) in [5.74, 6) is 0.206. The van der Waals surface area contributed by atoms with E-state index < -0.39 is 11.1 Å². The zero-order valence-corrected chi connectivity index (χ0v) is 15.3. The fraction of sp³-hybridized carbons (Fsp3) is 0.150. The van der Waals surface area contributed by atoms with Crippen molar-refractivity contribution in [3.8, 4) is 11.4 Å². The van der Waals surface area contributed by atoms with Crippen LogP contribution in [-0.2, 0) is 6.54 Å². The van der Waals surface area contributed by atoms with E-state index >= 15 is 0 Å². The molecule has 0 unspecified atom stereocenters. The average Bonchev–Trinajstić information content (AvgIpc) is 2.67. The van der Waals surface area contributed by atoms with Crippen LogP contribution in [0.2, 0.25) is 5.02 Å². The van der Waals surface area contributed by atoms with Gasteiger partial charge in [0.05, 0.1) is 18.8 Å². The highest BCUT2D eigenvalue weighted by atomic mass is 35.5. The molecule has 0 saturated heterocycles. The lowest BCUT2D eigenvalue weighted by atomic mass is 10.1. The molecule has 0 amide bonds. The molecule has 27 heavy (non-hydrogen) atoms. The molecule has 0 bridgehead atoms. The van der Waals surface area contributed by atoms with Gasteiger partial charge in [-0.15, -0.1) is 0 Å². The molecule has 1 heterocycles. The van der Waals surface area contributed by atoms with E-state index in [-0.39, 0.29) is 12.3 Å². The number of rotatable bonds is 6. The van der Waals surface area contributed by atoms with Crippen molar-refractivity contribution in [1.29, 1.82) is 0 Å². The topological polar surface area (TPSA) is 70.3 Å². The van der Waals surface area contributed by atoms with Crippen LogP contribution in [0.1, 0.15) is 17.3 Å². The van der Waals surface area contributed by atoms with Crippen molar-refractivity contribution in [2.24, 2.45) is 0 Å². The van der Waals surface area contributed by atoms with Crippen LogP contribution in [0, 0.1) is 0 Å². The zero-order valence-electron chi connectivity index (χ0n) is 14.6. The first kappa shape index (κ1) is 18.7. The Morgan fingerprint density at radius 3 is 2.41 bits per heavy atom. The Morgan fingerprint density at radius 1 is 1.00 bits per heavy atom. The molecule has 2 aromatic carbocycles. The number of hydrogen-bond acceptors (Lipinski definition) is 4. The van der Waals surface area contributed by atoms with E-state index in [2.05, 4.69) is 0 Å². The van der Waals surface area contributed by atoms with E-state index in [1.807, 2.05) is 6.92 Å². The molecule has 1 aromatic heterocycles. The maximum Gasteiger partial charge on any atom is 0.321 e. The number of nitrogens with zero attached hydrogens (tertiary/aromatic N) is 2. The number of Topliss-reactive ketones (excluding diaryl/α,β-unsaturated/α-hetero) is 1. The van der Waals surface area contributed by atoms with Gasteiger partial charge in [-0.25, -0.2) is 0 Å². The first-order valence-corrected chi connectivity index (χ1v) is 8.72. The van der Waals surface area contributed by atoms with E-state index in [4.69, 9.17) is 16.3 Å². The summed E-state index contributed by atoms with van der Waals surface area (Å²) >= 11 is 5.81. The number of halogens is 1. The summed E-state index contributed by atoms with van der Waals surface area (Å²) < 4.78 is 7.83. The third kappa shape index (κ3) is 4.01. The van der Waals surface area contributed by atoms with Crippen molar-refractivity contribution >= 4 is 17.4 Å². The van der Waals surface area contributed by atoms with Gasteiger partial charge >= 0.3 is 11.1 Å². The van der Waals surface area contributed by atoms with Crippen LogP contribution in [0.5, 0.6) is 5.75 Å². The highest BCUT2D eigenvalue weighted by Gasteiger charge is 2.13. The predicted molar refractivity (Wildman–Crippen MR) is 103 cm³/mol. The fourth-order valence-corrected chi connectivity index (χ4v) is 2.76. The number of carbonyl (C=O) groups is 1. The highest BCUT2D eigenvalue weighted by molar-refractivity contribution is 6.30. The van der Waals surface area contributed by atoms with Crippen LogP contribution in [0.4, 0.5) is 0 Å². The molecule has 0 aliphatic carbocycles. The second-order valence-corrected chi connectivity index (χ2v) is 6.17. The van der Waals surface area contributed by atoms with Gasteiger partial charge in [-0.05, 0) is 43.3 Å². The first-order chi connectivity index (χ1) is 13.0. The standard InChI is InChI=1S/C20H17ClN2O4/c1-2-27-18-6-4-3-5-16(18)23-12-11-22(19(25)20(23)26)13-17(24)14-7-9-15(21)10-8-14/h3-12H,2,13H2,1H3. The minimum absolute atomic E-state index is 0.232. The Hall–Kier alpha value is -3.12. The third-order valence-corrected chi connectivity index (χ3v) is 4.22. The molecular weight excluding hydrogens is 368 g/mol. The van der Waals surface area contributed by atoms with Gasteiger partial charge in [0, 0.05) is 23.0 Å². The zero-order chi connectivity index (χ0) is 19.4. The molecule has 0 radical (unpaired) electrons. The number of aromatic nitrogens is 2. The molecule has 6 nitrogen and oxygen atoms in total. The number of hydrogen-bond donors (Lipinski definition) is 0. The predicted octanol–water partition coefficient (Wildman–Crippen LogP) is 2.93. The number of para-hydroxylation sites is 2. The molecule has 3 rings (SSSR count). The molecule has 7 heteroatoms. The summed E-state index contributed by atoms with van der Waals surface area (Å²) in [4.78, 5) is 37.4. The first-order valence-electron chi connectivity index (χ1n) is 8.34. The summed E-state index contributed by atoms with van der Waals surface area (Å²) in [5, 5.41) is 0.513. The van der Waals surface area contributed by atoms with Gasteiger partial charge < -0.3 is 9.30 Å². The summed E-state index contributed by atoms with van der Waals surface area (Å²) in [5.41, 5.74) is -0.658. The monoisotopic (exact) mass is 384 g/mol. The molecule has 138 valence electrons. The molecule has 3 aromatic rings. The Morgan fingerprint density at radius 2 is 1.70 bits per heavy atom. The Labute approximate surface area is 160 Å². The number of ketones is 1. The van der Waals surface area contributed by atoms with E-state index in [0.717, 1.165) is 4.57 Å². The molecule has 0 atom stereocenters. The van der Waals surface area contributed by atoms with E-state index in [1.54, 1.807) is 48.5 Å². The van der Waals surface area contributed by atoms with Crippen LogP contribution in [0.3, 0.4) is 0 Å². The van der Waals surface area contributed by atoms with E-state index in [0.29, 0.717) is 28.6 Å². The second-order valence-electron chi connectivity index (χ2n) is 5.74. The SMILES string of the molecule is CCOc1ccccc1-n1ccn(CC(=O)c2ccc(Cl)cc2)c(=O)c1=O. The van der Waals surface area contributed by atoms with Crippen molar-refractivity contribution in [2.45, 2.75) is 13.5 Å². The van der Waals surface area contributed by atoms with Crippen molar-refractivity contribution < 1.29 is 9.53 Å². The van der Waals surface area contributed by atoms with Crippen LogP contribution < -0.4 is 15.9 Å². The van der Waals surface area contributed by atoms with Gasteiger partial charge in [0.15, 0.2) is 5.78 Å². The van der Waals surface area contributed by atoms with Crippen LogP contribution >= 0.6 is 11.6 Å². The van der Waals surface area contributed by atoms with Gasteiger partial charge in [0.2, 0.25) is 0 Å². The molecule has 0 saturated carbocycles. The van der Waals surface area contributed by atoms with Crippen LogP contribution in [0.25, 0.3) is 5.69 Å². The van der Waals surface area contributed by atoms with E-state index in [1.165, 1.54) is 17.0 Å². The quantitative estimate of drug-likeness (QED) is 0.484. The summed E-state index contributed by atoms with van der Waals surface area (Å²) in [6, 6.07) is 13.3. The molecule has 0 fully saturated rings. The minimum Gasteiger partial charge on any atom is -0.492 e. The van der Waals surface area contributed by atoms with Crippen molar-refractivity contribution in [1.82, 2.24) is 9.13 Å². The molecule has 0 N–H and O–H groups in total. The highest BCUT2D eigenvalue weighted by Crippen LogP contribution is 2.20. The molecular formula is C20H17ClN2O4. The van der Waals surface area contributed by atoms with E-state index in [9.17, 15) is 14.4 Å². The average molecular weight is 385 g/mol. The normalized spacial score (nSPS) is 10.6. The lowest BCUT2D eigenvalue weighted by Crippen LogP contribution is -2.41. The maximum atomic E-state index is 12.6.